The lowest BCUT2D eigenvalue weighted by Crippen LogP contribution is -2.15. The van der Waals surface area contributed by atoms with Gasteiger partial charge >= 0.3 is 7.12 Å². The molecule has 0 saturated carbocycles. The summed E-state index contributed by atoms with van der Waals surface area (Å²) in [4.78, 5) is 0. The highest BCUT2D eigenvalue weighted by Crippen LogP contribution is 2.18. The van der Waals surface area contributed by atoms with Crippen LogP contribution in [0.5, 0.6) is 0 Å². The maximum absolute atomic E-state index is 8.72. The van der Waals surface area contributed by atoms with Crippen molar-refractivity contribution in [2.24, 2.45) is 7.05 Å². The first kappa shape index (κ1) is 9.57. The summed E-state index contributed by atoms with van der Waals surface area (Å²) in [7, 11) is 0.341. The number of aryl methyl sites for hydroxylation is 2. The van der Waals surface area contributed by atoms with Gasteiger partial charge in [-0.3, -0.25) is 4.68 Å². The second-order valence-corrected chi connectivity index (χ2v) is 3.02. The van der Waals surface area contributed by atoms with E-state index in [0.29, 0.717) is 10.7 Å². The molecule has 12 heavy (non-hydrogen) atoms. The zero-order chi connectivity index (χ0) is 9.30. The SMILES string of the molecule is Cc1nn(C)c(Cl)c1CB(O)O. The van der Waals surface area contributed by atoms with Gasteiger partial charge in [0.15, 0.2) is 0 Å². The molecule has 0 spiro atoms. The molecule has 66 valence electrons. The van der Waals surface area contributed by atoms with E-state index in [4.69, 9.17) is 21.6 Å². The molecular formula is C6H10BClN2O2. The summed E-state index contributed by atoms with van der Waals surface area (Å²) in [5.74, 6) is 0. The third kappa shape index (κ3) is 1.80. The topological polar surface area (TPSA) is 58.3 Å². The normalized spacial score (nSPS) is 10.4. The fourth-order valence-electron chi connectivity index (χ4n) is 1.09. The minimum absolute atomic E-state index is 0.124. The zero-order valence-electron chi connectivity index (χ0n) is 6.95. The van der Waals surface area contributed by atoms with Crippen LogP contribution in [0.15, 0.2) is 0 Å². The van der Waals surface area contributed by atoms with Crippen molar-refractivity contribution in [3.63, 3.8) is 0 Å². The lowest BCUT2D eigenvalue weighted by atomic mass is 9.82. The molecular weight excluding hydrogens is 178 g/mol. The number of nitrogens with zero attached hydrogens (tertiary/aromatic N) is 2. The molecule has 4 nitrogen and oxygen atoms in total. The van der Waals surface area contributed by atoms with E-state index in [1.54, 1.807) is 14.0 Å². The maximum atomic E-state index is 8.72. The predicted octanol–water partition coefficient (Wildman–Crippen LogP) is -0.0636. The first-order valence-corrected chi connectivity index (χ1v) is 3.94. The van der Waals surface area contributed by atoms with Gasteiger partial charge in [-0.2, -0.15) is 5.10 Å². The third-order valence-electron chi connectivity index (χ3n) is 1.66. The van der Waals surface area contributed by atoms with Crippen LogP contribution in [-0.4, -0.2) is 26.9 Å². The van der Waals surface area contributed by atoms with E-state index >= 15 is 0 Å². The number of aromatic nitrogens is 2. The minimum atomic E-state index is -1.37. The summed E-state index contributed by atoms with van der Waals surface area (Å²) < 4.78 is 1.51. The van der Waals surface area contributed by atoms with Gasteiger partial charge in [0.2, 0.25) is 0 Å². The molecule has 0 saturated heterocycles. The molecule has 0 aliphatic carbocycles. The van der Waals surface area contributed by atoms with Gasteiger partial charge in [0.25, 0.3) is 0 Å². The van der Waals surface area contributed by atoms with Crippen molar-refractivity contribution < 1.29 is 10.0 Å². The summed E-state index contributed by atoms with van der Waals surface area (Å²) in [6.45, 7) is 1.78. The third-order valence-corrected chi connectivity index (χ3v) is 2.13. The van der Waals surface area contributed by atoms with Crippen LogP contribution in [0.2, 0.25) is 5.15 Å². The van der Waals surface area contributed by atoms with Crippen molar-refractivity contribution in [1.82, 2.24) is 9.78 Å². The van der Waals surface area contributed by atoms with Crippen LogP contribution < -0.4 is 0 Å². The molecule has 1 aromatic heterocycles. The number of halogens is 1. The highest BCUT2D eigenvalue weighted by atomic mass is 35.5. The Labute approximate surface area is 75.9 Å². The Bertz CT molecular complexity index is 287. The van der Waals surface area contributed by atoms with Crippen molar-refractivity contribution >= 4 is 18.7 Å². The first-order valence-electron chi connectivity index (χ1n) is 3.56. The molecule has 0 fully saturated rings. The van der Waals surface area contributed by atoms with Crippen LogP contribution in [0.3, 0.4) is 0 Å². The van der Waals surface area contributed by atoms with E-state index in [9.17, 15) is 0 Å². The zero-order valence-corrected chi connectivity index (χ0v) is 7.71. The van der Waals surface area contributed by atoms with E-state index in [1.165, 1.54) is 4.68 Å². The fraction of sp³-hybridized carbons (Fsp3) is 0.500. The second-order valence-electron chi connectivity index (χ2n) is 2.66. The lowest BCUT2D eigenvalue weighted by Gasteiger charge is -1.97. The van der Waals surface area contributed by atoms with Crippen molar-refractivity contribution in [2.75, 3.05) is 0 Å². The van der Waals surface area contributed by atoms with Crippen LogP contribution in [-0.2, 0) is 13.4 Å². The average molecular weight is 188 g/mol. The molecule has 0 bridgehead atoms. The van der Waals surface area contributed by atoms with Crippen molar-refractivity contribution in [2.45, 2.75) is 13.2 Å². The van der Waals surface area contributed by atoms with Gasteiger partial charge in [-0.1, -0.05) is 11.6 Å². The van der Waals surface area contributed by atoms with E-state index in [2.05, 4.69) is 5.10 Å². The largest absolute Gasteiger partial charge is 0.456 e. The molecule has 0 unspecified atom stereocenters. The molecule has 1 rings (SSSR count). The molecule has 0 aliphatic heterocycles. The van der Waals surface area contributed by atoms with Crippen LogP contribution in [0.25, 0.3) is 0 Å². The van der Waals surface area contributed by atoms with Crippen LogP contribution in [0.4, 0.5) is 0 Å². The second kappa shape index (κ2) is 3.47. The van der Waals surface area contributed by atoms with Crippen molar-refractivity contribution in [3.8, 4) is 0 Å². The molecule has 6 heteroatoms. The molecule has 0 atom stereocenters. The van der Waals surface area contributed by atoms with E-state index < -0.39 is 7.12 Å². The number of rotatable bonds is 2. The molecule has 0 radical (unpaired) electrons. The Balaban J connectivity index is 2.97. The van der Waals surface area contributed by atoms with E-state index in [-0.39, 0.29) is 6.32 Å². The molecule has 0 aliphatic rings. The lowest BCUT2D eigenvalue weighted by molar-refractivity contribution is 0.405. The van der Waals surface area contributed by atoms with Crippen molar-refractivity contribution in [1.29, 1.82) is 0 Å². The predicted molar refractivity (Wildman–Crippen MR) is 46.9 cm³/mol. The standard InChI is InChI=1S/C6H10BClN2O2/c1-4-5(3-7(11)12)6(8)10(2)9-4/h11-12H,3H2,1-2H3. The highest BCUT2D eigenvalue weighted by Gasteiger charge is 2.17. The summed E-state index contributed by atoms with van der Waals surface area (Å²) >= 11 is 5.84. The quantitative estimate of drug-likeness (QED) is 0.639. The molecule has 2 N–H and O–H groups in total. The molecule has 0 aromatic carbocycles. The van der Waals surface area contributed by atoms with Gasteiger partial charge in [0, 0.05) is 18.9 Å². The Morgan fingerprint density at radius 2 is 2.17 bits per heavy atom. The monoisotopic (exact) mass is 188 g/mol. The van der Waals surface area contributed by atoms with Gasteiger partial charge in [-0.15, -0.1) is 0 Å². The Hall–Kier alpha value is -0.515. The first-order chi connectivity index (χ1) is 5.52. The van der Waals surface area contributed by atoms with Crippen LogP contribution in [0, 0.1) is 6.92 Å². The fourth-order valence-corrected chi connectivity index (χ4v) is 1.34. The van der Waals surface area contributed by atoms with Crippen molar-refractivity contribution in [3.05, 3.63) is 16.4 Å². The number of hydrogen-bond acceptors (Lipinski definition) is 3. The summed E-state index contributed by atoms with van der Waals surface area (Å²) in [6, 6.07) is 0. The average Bonchev–Trinajstić information content (AvgIpc) is 2.16. The van der Waals surface area contributed by atoms with E-state index in [1.807, 2.05) is 0 Å². The highest BCUT2D eigenvalue weighted by molar-refractivity contribution is 6.41. The van der Waals surface area contributed by atoms with Crippen LogP contribution >= 0.6 is 11.6 Å². The Kier molecular flexibility index (Phi) is 2.77. The minimum Gasteiger partial charge on any atom is -0.427 e. The Morgan fingerprint density at radius 1 is 1.58 bits per heavy atom. The van der Waals surface area contributed by atoms with E-state index in [0.717, 1.165) is 5.69 Å². The Morgan fingerprint density at radius 3 is 2.50 bits per heavy atom. The van der Waals surface area contributed by atoms with Crippen LogP contribution in [0.1, 0.15) is 11.3 Å². The number of hydrogen-bond donors (Lipinski definition) is 2. The summed E-state index contributed by atoms with van der Waals surface area (Å²) in [5, 5.41) is 21.9. The van der Waals surface area contributed by atoms with Gasteiger partial charge in [0.1, 0.15) is 5.15 Å². The maximum Gasteiger partial charge on any atom is 0.456 e. The molecule has 1 heterocycles. The van der Waals surface area contributed by atoms with Gasteiger partial charge < -0.3 is 10.0 Å². The molecule has 0 amide bonds. The van der Waals surface area contributed by atoms with Gasteiger partial charge in [-0.25, -0.2) is 0 Å². The van der Waals surface area contributed by atoms with Gasteiger partial charge in [-0.05, 0) is 6.92 Å². The summed E-state index contributed by atoms with van der Waals surface area (Å²) in [5.41, 5.74) is 1.42. The summed E-state index contributed by atoms with van der Waals surface area (Å²) in [6.07, 6.45) is 0.124. The van der Waals surface area contributed by atoms with Gasteiger partial charge in [0.05, 0.1) is 5.69 Å². The molecule has 1 aromatic rings. The smallest absolute Gasteiger partial charge is 0.427 e.